The van der Waals surface area contributed by atoms with E-state index >= 15 is 0 Å². The first-order valence-electron chi connectivity index (χ1n) is 7.26. The van der Waals surface area contributed by atoms with Gasteiger partial charge in [0.1, 0.15) is 0 Å². The highest BCUT2D eigenvalue weighted by molar-refractivity contribution is 6.01. The number of aryl methyl sites for hydroxylation is 1. The van der Waals surface area contributed by atoms with Gasteiger partial charge >= 0.3 is 5.95 Å². The van der Waals surface area contributed by atoms with E-state index in [1.54, 1.807) is 13.8 Å². The molecule has 0 amide bonds. The largest absolute Gasteiger partial charge is 0.325 e. The Morgan fingerprint density at radius 1 is 1.17 bits per heavy atom. The van der Waals surface area contributed by atoms with Gasteiger partial charge in [-0.3, -0.25) is 10.1 Å². The second-order valence-corrected chi connectivity index (χ2v) is 5.32. The van der Waals surface area contributed by atoms with Crippen LogP contribution in [0.4, 0.5) is 11.6 Å². The number of aromatic nitrogens is 2. The summed E-state index contributed by atoms with van der Waals surface area (Å²) in [5, 5.41) is 5.28. The van der Waals surface area contributed by atoms with Crippen LogP contribution in [0.3, 0.4) is 0 Å². The quantitative estimate of drug-likeness (QED) is 0.413. The minimum Gasteiger partial charge on any atom is -0.322 e. The molecule has 0 radical (unpaired) electrons. The molecule has 0 bridgehead atoms. The van der Waals surface area contributed by atoms with E-state index in [1.165, 1.54) is 0 Å². The third kappa shape index (κ3) is 3.06. The Balaban J connectivity index is 1.94. The van der Waals surface area contributed by atoms with E-state index in [0.29, 0.717) is 17.2 Å². The normalized spacial score (nSPS) is 11.7. The Morgan fingerprint density at radius 2 is 1.91 bits per heavy atom. The molecule has 0 saturated heterocycles. The Labute approximate surface area is 133 Å². The lowest BCUT2D eigenvalue weighted by Crippen LogP contribution is -2.73. The number of benzene rings is 2. The summed E-state index contributed by atoms with van der Waals surface area (Å²) in [5.41, 5.74) is 7.95. The van der Waals surface area contributed by atoms with Crippen molar-refractivity contribution in [1.29, 1.82) is 0 Å². The fourth-order valence-corrected chi connectivity index (χ4v) is 2.34. The van der Waals surface area contributed by atoms with Gasteiger partial charge in [-0.2, -0.15) is 0 Å². The number of aromatic amines is 1. The summed E-state index contributed by atoms with van der Waals surface area (Å²) < 4.78 is 0. The van der Waals surface area contributed by atoms with E-state index < -0.39 is 0 Å². The van der Waals surface area contributed by atoms with Gasteiger partial charge in [-0.15, -0.1) is 4.98 Å². The molecular weight excluding hydrogens is 290 g/mol. The second-order valence-electron chi connectivity index (χ2n) is 5.32. The van der Waals surface area contributed by atoms with Crippen molar-refractivity contribution in [2.45, 2.75) is 13.8 Å². The van der Waals surface area contributed by atoms with Crippen LogP contribution in [0.2, 0.25) is 0 Å². The van der Waals surface area contributed by atoms with Crippen LogP contribution in [-0.2, 0) is 0 Å². The highest BCUT2D eigenvalue weighted by atomic mass is 16.1. The van der Waals surface area contributed by atoms with Crippen molar-refractivity contribution in [2.24, 2.45) is 5.73 Å². The molecule has 116 valence electrons. The van der Waals surface area contributed by atoms with Crippen LogP contribution >= 0.6 is 0 Å². The van der Waals surface area contributed by atoms with Gasteiger partial charge in [-0.05, 0) is 25.3 Å². The van der Waals surface area contributed by atoms with Crippen LogP contribution in [0, 0.1) is 13.8 Å². The Hall–Kier alpha value is -3.15. The summed E-state index contributed by atoms with van der Waals surface area (Å²) in [6.07, 6.45) is 0. The number of fused-ring (bicyclic) bond motifs is 1. The molecule has 0 saturated carbocycles. The van der Waals surface area contributed by atoms with Gasteiger partial charge in [0.2, 0.25) is 0 Å². The number of nitrogens with two attached hydrogens (primary N) is 1. The van der Waals surface area contributed by atoms with E-state index in [0.717, 1.165) is 16.5 Å². The van der Waals surface area contributed by atoms with E-state index in [-0.39, 0.29) is 11.5 Å². The lowest BCUT2D eigenvalue weighted by Gasteiger charge is -2.06. The number of anilines is 1. The number of hydrogen-bond donors (Lipinski definition) is 4. The Kier molecular flexibility index (Phi) is 3.80. The minimum atomic E-state index is -0.182. The first-order valence-corrected chi connectivity index (χ1v) is 7.26. The van der Waals surface area contributed by atoms with Crippen LogP contribution < -0.4 is 21.6 Å². The van der Waals surface area contributed by atoms with Crippen molar-refractivity contribution in [2.75, 3.05) is 5.32 Å². The average molecular weight is 308 g/mol. The summed E-state index contributed by atoms with van der Waals surface area (Å²) in [7, 11) is 0. The molecular formula is C17H18N5O+. The maximum atomic E-state index is 11.8. The van der Waals surface area contributed by atoms with Gasteiger partial charge in [0.25, 0.3) is 11.5 Å². The smallest absolute Gasteiger partial charge is 0.322 e. The molecule has 0 unspecified atom stereocenters. The van der Waals surface area contributed by atoms with Crippen molar-refractivity contribution in [1.82, 2.24) is 9.97 Å². The minimum absolute atomic E-state index is 0.182. The van der Waals surface area contributed by atoms with E-state index in [1.807, 2.05) is 42.5 Å². The van der Waals surface area contributed by atoms with Crippen molar-refractivity contribution in [3.05, 3.63) is 64.1 Å². The van der Waals surface area contributed by atoms with E-state index in [9.17, 15) is 4.79 Å². The zero-order valence-corrected chi connectivity index (χ0v) is 13.0. The second kappa shape index (κ2) is 5.92. The fourth-order valence-electron chi connectivity index (χ4n) is 2.34. The predicted molar refractivity (Wildman–Crippen MR) is 91.7 cm³/mol. The molecule has 6 heteroatoms. The Bertz CT molecular complexity index is 953. The molecule has 1 aromatic heterocycles. The van der Waals surface area contributed by atoms with Gasteiger partial charge in [0.05, 0.1) is 16.9 Å². The van der Waals surface area contributed by atoms with Crippen LogP contribution in [0.5, 0.6) is 0 Å². The summed E-state index contributed by atoms with van der Waals surface area (Å²) in [4.78, 5) is 21.6. The number of nitrogens with one attached hydrogen (secondary N) is 3. The van der Waals surface area contributed by atoms with Gasteiger partial charge in [0, 0.05) is 5.39 Å². The SMILES string of the molecule is Cc1nc([NH+]=C(N)Nc2cccc3ccccc23)[nH]c(=O)c1C. The van der Waals surface area contributed by atoms with Gasteiger partial charge in [-0.1, -0.05) is 36.4 Å². The predicted octanol–water partition coefficient (Wildman–Crippen LogP) is 0.679. The van der Waals surface area contributed by atoms with Gasteiger partial charge in [0.15, 0.2) is 0 Å². The topological polar surface area (TPSA) is 97.8 Å². The Morgan fingerprint density at radius 3 is 2.70 bits per heavy atom. The molecule has 0 fully saturated rings. The van der Waals surface area contributed by atoms with Crippen LogP contribution in [0.1, 0.15) is 11.3 Å². The molecule has 2 aromatic carbocycles. The maximum Gasteiger partial charge on any atom is 0.325 e. The van der Waals surface area contributed by atoms with Crippen molar-refractivity contribution in [3.8, 4) is 0 Å². The molecule has 0 aliphatic carbocycles. The van der Waals surface area contributed by atoms with Crippen molar-refractivity contribution in [3.63, 3.8) is 0 Å². The van der Waals surface area contributed by atoms with Crippen LogP contribution in [0.15, 0.2) is 47.3 Å². The molecule has 0 aliphatic heterocycles. The summed E-state index contributed by atoms with van der Waals surface area (Å²) in [6, 6.07) is 13.9. The number of rotatable bonds is 2. The van der Waals surface area contributed by atoms with Crippen LogP contribution in [-0.4, -0.2) is 15.9 Å². The molecule has 3 rings (SSSR count). The summed E-state index contributed by atoms with van der Waals surface area (Å²) in [5.74, 6) is 0.594. The lowest BCUT2D eigenvalue weighted by molar-refractivity contribution is -0.365. The van der Waals surface area contributed by atoms with Crippen molar-refractivity contribution >= 4 is 28.4 Å². The third-order valence-corrected chi connectivity index (χ3v) is 3.71. The zero-order chi connectivity index (χ0) is 16.4. The van der Waals surface area contributed by atoms with E-state index in [2.05, 4.69) is 20.3 Å². The van der Waals surface area contributed by atoms with Crippen molar-refractivity contribution < 1.29 is 4.99 Å². The number of guanidine groups is 1. The van der Waals surface area contributed by atoms with Crippen LogP contribution in [0.25, 0.3) is 10.8 Å². The fraction of sp³-hybridized carbons (Fsp3) is 0.118. The highest BCUT2D eigenvalue weighted by Gasteiger charge is 2.09. The molecule has 0 aliphatic rings. The highest BCUT2D eigenvalue weighted by Crippen LogP contribution is 2.22. The molecule has 3 aromatic rings. The lowest BCUT2D eigenvalue weighted by atomic mass is 10.1. The molecule has 23 heavy (non-hydrogen) atoms. The molecule has 6 nitrogen and oxygen atoms in total. The summed E-state index contributed by atoms with van der Waals surface area (Å²) in [6.45, 7) is 3.51. The first-order chi connectivity index (χ1) is 11.0. The zero-order valence-electron chi connectivity index (χ0n) is 13.0. The molecule has 1 heterocycles. The standard InChI is InChI=1S/C17H17N5O/c1-10-11(2)19-17(21-15(10)23)22-16(18)20-14-9-5-7-12-6-3-4-8-13(12)14/h3-9H,1-2H3,(H4,18,19,20,21,22,23)/p+1. The van der Waals surface area contributed by atoms with Gasteiger partial charge in [-0.25, -0.2) is 9.98 Å². The third-order valence-electron chi connectivity index (χ3n) is 3.71. The number of H-pyrrole nitrogens is 1. The molecule has 5 N–H and O–H groups in total. The molecule has 0 spiro atoms. The first kappa shape index (κ1) is 14.8. The maximum absolute atomic E-state index is 11.8. The summed E-state index contributed by atoms with van der Waals surface area (Å²) >= 11 is 0. The van der Waals surface area contributed by atoms with Gasteiger partial charge < -0.3 is 5.73 Å². The monoisotopic (exact) mass is 308 g/mol. The number of nitrogens with zero attached hydrogens (tertiary/aromatic N) is 1. The molecule has 0 atom stereocenters. The average Bonchev–Trinajstić information content (AvgIpc) is 2.53. The number of hydrogen-bond acceptors (Lipinski definition) is 2. The van der Waals surface area contributed by atoms with E-state index in [4.69, 9.17) is 5.73 Å².